The Morgan fingerprint density at radius 3 is 2.40 bits per heavy atom. The van der Waals surface area contributed by atoms with Gasteiger partial charge in [-0.15, -0.1) is 0 Å². The molecule has 1 aliphatic heterocycles. The number of nitrogens with zero attached hydrogens (tertiary/aromatic N) is 2. The summed E-state index contributed by atoms with van der Waals surface area (Å²) < 4.78 is 29.0. The highest BCUT2D eigenvalue weighted by molar-refractivity contribution is 7.07. The molecule has 0 unspecified atom stereocenters. The van der Waals surface area contributed by atoms with Gasteiger partial charge < -0.3 is 23.7 Å². The van der Waals surface area contributed by atoms with Crippen molar-refractivity contribution in [3.63, 3.8) is 0 Å². The largest absolute Gasteiger partial charge is 0.493 e. The zero-order valence-corrected chi connectivity index (χ0v) is 25.5. The van der Waals surface area contributed by atoms with Crippen LogP contribution in [0.15, 0.2) is 57.5 Å². The molecule has 0 spiro atoms. The van der Waals surface area contributed by atoms with E-state index in [2.05, 4.69) is 9.73 Å². The molecule has 12 heteroatoms. The monoisotopic (exact) mass is 614 g/mol. The number of ether oxygens (including phenoxy) is 5. The summed E-state index contributed by atoms with van der Waals surface area (Å²) >= 11 is 7.44. The Morgan fingerprint density at radius 2 is 1.71 bits per heavy atom. The van der Waals surface area contributed by atoms with Gasteiger partial charge in [0.25, 0.3) is 5.56 Å². The lowest BCUT2D eigenvalue weighted by atomic mass is 9.95. The molecule has 1 aromatic heterocycles. The summed E-state index contributed by atoms with van der Waals surface area (Å²) in [6.45, 7) is 7.67. The summed E-state index contributed by atoms with van der Waals surface area (Å²) in [5.74, 6) is 0.0801. The first-order valence-corrected chi connectivity index (χ1v) is 14.5. The maximum absolute atomic E-state index is 14.0. The number of carbonyl (C=O) groups excluding carboxylic acids is 2. The van der Waals surface area contributed by atoms with E-state index in [0.717, 1.165) is 0 Å². The van der Waals surface area contributed by atoms with Gasteiger partial charge in [-0.2, -0.15) is 0 Å². The lowest BCUT2D eigenvalue weighted by Crippen LogP contribution is -2.40. The van der Waals surface area contributed by atoms with E-state index >= 15 is 0 Å². The van der Waals surface area contributed by atoms with Gasteiger partial charge in [-0.1, -0.05) is 29.0 Å². The lowest BCUT2D eigenvalue weighted by molar-refractivity contribution is -0.143. The maximum atomic E-state index is 14.0. The smallest absolute Gasteiger partial charge is 0.343 e. The standard InChI is InChI=1S/C30H31ClN2O8S/c1-6-38-21-12-10-20(31)13-19(21)15-24-28(35)33-27(26(29(36)40-8-3)17(4)32-30(33)42-24)18-9-11-22(23(14-18)39-7-2)41-16-25(34)37-5/h9-15,27H,6-8,16H2,1-5H3/b24-15+/t27-/m0/s1. The number of benzene rings is 2. The highest BCUT2D eigenvalue weighted by atomic mass is 35.5. The number of esters is 2. The first-order valence-electron chi connectivity index (χ1n) is 13.3. The zero-order valence-electron chi connectivity index (χ0n) is 23.9. The summed E-state index contributed by atoms with van der Waals surface area (Å²) in [7, 11) is 1.27. The van der Waals surface area contributed by atoms with E-state index in [1.165, 1.54) is 23.0 Å². The highest BCUT2D eigenvalue weighted by Crippen LogP contribution is 2.36. The van der Waals surface area contributed by atoms with E-state index in [-0.39, 0.29) is 24.3 Å². The fourth-order valence-electron chi connectivity index (χ4n) is 4.45. The number of aromatic nitrogens is 1. The minimum Gasteiger partial charge on any atom is -0.493 e. The Bertz CT molecular complexity index is 1710. The quantitative estimate of drug-likeness (QED) is 0.300. The van der Waals surface area contributed by atoms with Crippen LogP contribution in [0.3, 0.4) is 0 Å². The molecule has 0 radical (unpaired) electrons. The molecular formula is C30H31ClN2O8S. The molecule has 42 heavy (non-hydrogen) atoms. The van der Waals surface area contributed by atoms with Gasteiger partial charge in [0.15, 0.2) is 22.9 Å². The number of fused-ring (bicyclic) bond motifs is 1. The van der Waals surface area contributed by atoms with E-state index < -0.39 is 18.0 Å². The van der Waals surface area contributed by atoms with Crippen LogP contribution >= 0.6 is 22.9 Å². The fraction of sp³-hybridized carbons (Fsp3) is 0.333. The fourth-order valence-corrected chi connectivity index (χ4v) is 5.66. The minimum absolute atomic E-state index is 0.145. The Morgan fingerprint density at radius 1 is 1.00 bits per heavy atom. The molecule has 2 heterocycles. The number of rotatable bonds is 11. The van der Waals surface area contributed by atoms with Crippen molar-refractivity contribution < 1.29 is 33.3 Å². The van der Waals surface area contributed by atoms with Crippen LogP contribution in [-0.2, 0) is 19.1 Å². The van der Waals surface area contributed by atoms with Gasteiger partial charge in [-0.25, -0.2) is 14.6 Å². The second-order valence-corrected chi connectivity index (χ2v) is 10.4. The van der Waals surface area contributed by atoms with Crippen molar-refractivity contribution in [2.45, 2.75) is 33.7 Å². The van der Waals surface area contributed by atoms with Crippen LogP contribution in [0.2, 0.25) is 5.02 Å². The lowest BCUT2D eigenvalue weighted by Gasteiger charge is -2.25. The van der Waals surface area contributed by atoms with Crippen molar-refractivity contribution >= 4 is 41.0 Å². The van der Waals surface area contributed by atoms with Crippen LogP contribution in [0, 0.1) is 0 Å². The number of thiazole rings is 1. The van der Waals surface area contributed by atoms with Gasteiger partial charge in [-0.05, 0) is 69.7 Å². The highest BCUT2D eigenvalue weighted by Gasteiger charge is 2.34. The van der Waals surface area contributed by atoms with Gasteiger partial charge in [0.05, 0.1) is 48.8 Å². The van der Waals surface area contributed by atoms with E-state index in [9.17, 15) is 14.4 Å². The third-order valence-corrected chi connectivity index (χ3v) is 7.45. The molecule has 0 N–H and O–H groups in total. The van der Waals surface area contributed by atoms with Crippen LogP contribution in [0.1, 0.15) is 44.9 Å². The molecule has 222 valence electrons. The van der Waals surface area contributed by atoms with Gasteiger partial charge in [0, 0.05) is 10.6 Å². The van der Waals surface area contributed by atoms with Crippen LogP contribution in [0.4, 0.5) is 0 Å². The van der Waals surface area contributed by atoms with Crippen molar-refractivity contribution in [2.24, 2.45) is 4.99 Å². The average Bonchev–Trinajstić information content (AvgIpc) is 3.27. The molecule has 0 aliphatic carbocycles. The molecule has 0 fully saturated rings. The summed E-state index contributed by atoms with van der Waals surface area (Å²) in [5.41, 5.74) is 1.49. The summed E-state index contributed by atoms with van der Waals surface area (Å²) in [4.78, 5) is 43.9. The SMILES string of the molecule is CCOC(=O)C1=C(C)N=c2s/c(=C/c3cc(Cl)ccc3OCC)c(=O)n2[C@H]1c1ccc(OCC(=O)OC)c(OCC)c1. The Kier molecular flexibility index (Phi) is 10.1. The van der Waals surface area contributed by atoms with Crippen molar-refractivity contribution in [1.82, 2.24) is 4.57 Å². The third-order valence-electron chi connectivity index (χ3n) is 6.23. The first-order chi connectivity index (χ1) is 20.2. The van der Waals surface area contributed by atoms with E-state index in [0.29, 0.717) is 61.6 Å². The van der Waals surface area contributed by atoms with Crippen LogP contribution in [-0.4, -0.2) is 50.0 Å². The van der Waals surface area contributed by atoms with Crippen molar-refractivity contribution in [1.29, 1.82) is 0 Å². The number of carbonyl (C=O) groups is 2. The molecule has 2 aromatic carbocycles. The average molecular weight is 615 g/mol. The first kappa shape index (κ1) is 30.9. The molecule has 4 rings (SSSR count). The molecule has 0 bridgehead atoms. The summed E-state index contributed by atoms with van der Waals surface area (Å²) in [6.07, 6.45) is 1.70. The Labute approximate surface area is 251 Å². The number of allylic oxidation sites excluding steroid dienone is 1. The second kappa shape index (κ2) is 13.7. The van der Waals surface area contributed by atoms with E-state index in [4.69, 9.17) is 30.5 Å². The Hall–Kier alpha value is -4.09. The van der Waals surface area contributed by atoms with Crippen LogP contribution in [0.5, 0.6) is 17.2 Å². The van der Waals surface area contributed by atoms with Gasteiger partial charge in [0.1, 0.15) is 5.75 Å². The third kappa shape index (κ3) is 6.52. The predicted octanol–water partition coefficient (Wildman–Crippen LogP) is 3.80. The predicted molar refractivity (Wildman–Crippen MR) is 158 cm³/mol. The van der Waals surface area contributed by atoms with Gasteiger partial charge >= 0.3 is 11.9 Å². The molecule has 1 aliphatic rings. The minimum atomic E-state index is -0.873. The molecule has 3 aromatic rings. The van der Waals surface area contributed by atoms with Crippen LogP contribution < -0.4 is 29.1 Å². The van der Waals surface area contributed by atoms with Gasteiger partial charge in [0.2, 0.25) is 0 Å². The van der Waals surface area contributed by atoms with E-state index in [1.54, 1.807) is 63.2 Å². The molecule has 10 nitrogen and oxygen atoms in total. The topological polar surface area (TPSA) is 115 Å². The second-order valence-electron chi connectivity index (χ2n) is 8.92. The summed E-state index contributed by atoms with van der Waals surface area (Å²) in [5, 5.41) is 0.494. The normalized spacial score (nSPS) is 14.6. The Balaban J connectivity index is 1.92. The maximum Gasteiger partial charge on any atom is 0.343 e. The number of halogens is 1. The molecule has 1 atom stereocenters. The van der Waals surface area contributed by atoms with E-state index in [1.807, 2.05) is 6.92 Å². The number of methoxy groups -OCH3 is 1. The molecule has 0 saturated heterocycles. The molecular weight excluding hydrogens is 584 g/mol. The zero-order chi connectivity index (χ0) is 30.4. The van der Waals surface area contributed by atoms with Crippen LogP contribution in [0.25, 0.3) is 6.08 Å². The van der Waals surface area contributed by atoms with Gasteiger partial charge in [-0.3, -0.25) is 9.36 Å². The molecule has 0 amide bonds. The van der Waals surface area contributed by atoms with Crippen molar-refractivity contribution in [3.05, 3.63) is 83.5 Å². The molecule has 0 saturated carbocycles. The summed E-state index contributed by atoms with van der Waals surface area (Å²) in [6, 6.07) is 9.33. The van der Waals surface area contributed by atoms with Crippen molar-refractivity contribution in [3.8, 4) is 17.2 Å². The number of hydrogen-bond donors (Lipinski definition) is 0. The number of hydrogen-bond acceptors (Lipinski definition) is 10. The van der Waals surface area contributed by atoms with Crippen molar-refractivity contribution in [2.75, 3.05) is 33.5 Å².